The Kier molecular flexibility index (Phi) is 7.89. The van der Waals surface area contributed by atoms with E-state index in [0.29, 0.717) is 11.6 Å². The van der Waals surface area contributed by atoms with Crippen molar-refractivity contribution >= 4 is 43.4 Å². The number of aryl methyl sites for hydroxylation is 1. The fraction of sp³-hybridized carbons (Fsp3) is 0.333. The van der Waals surface area contributed by atoms with E-state index >= 15 is 0 Å². The van der Waals surface area contributed by atoms with Crippen LogP contribution in [0.3, 0.4) is 0 Å². The smallest absolute Gasteiger partial charge is 0.166 e. The number of carbonyl (C=O) groups excluding carboxylic acids is 2. The number of carbonyl (C=O) groups is 2. The van der Waals surface area contributed by atoms with E-state index in [-0.39, 0.29) is 11.8 Å². The Labute approximate surface area is 219 Å². The fourth-order valence-electron chi connectivity index (χ4n) is 5.07. The van der Waals surface area contributed by atoms with Crippen LogP contribution in [0.15, 0.2) is 63.5 Å². The summed E-state index contributed by atoms with van der Waals surface area (Å²) in [5.41, 5.74) is 7.94. The maximum Gasteiger partial charge on any atom is 0.166 e. The van der Waals surface area contributed by atoms with Crippen LogP contribution in [0.1, 0.15) is 75.2 Å². The fourth-order valence-corrected chi connectivity index (χ4v) is 6.07. The van der Waals surface area contributed by atoms with E-state index in [1.54, 1.807) is 0 Å². The van der Waals surface area contributed by atoms with Gasteiger partial charge in [-0.25, -0.2) is 0 Å². The lowest BCUT2D eigenvalue weighted by molar-refractivity contribution is 0.0926. The predicted octanol–water partition coefficient (Wildman–Crippen LogP) is 8.33. The lowest BCUT2D eigenvalue weighted by Gasteiger charge is -2.09. The summed E-state index contributed by atoms with van der Waals surface area (Å²) in [5, 5.41) is 0. The van der Waals surface area contributed by atoms with Gasteiger partial charge < -0.3 is 0 Å². The topological polar surface area (TPSA) is 34.1 Å². The number of Topliss-reactive ketones (excluding diaryl/α,β-unsaturated/α-hetero) is 2. The molecule has 0 heterocycles. The maximum absolute atomic E-state index is 12.6. The van der Waals surface area contributed by atoms with Gasteiger partial charge in [-0.3, -0.25) is 9.59 Å². The summed E-state index contributed by atoms with van der Waals surface area (Å²) in [6.07, 6.45) is 4.49. The van der Waals surface area contributed by atoms with Crippen molar-refractivity contribution in [3.63, 3.8) is 0 Å². The van der Waals surface area contributed by atoms with Crippen molar-refractivity contribution in [3.05, 3.63) is 102 Å². The molecule has 0 amide bonds. The standard InChI is InChI=1S/C18H17BrO.C12H13BrO/c1-2-13-11-15-16(19)9-8-14(17(15)18(13)20)10-12-6-4-3-5-7-12;1-3-8-6-10-9(12(8)14)5-4-7(2)11(10)13/h3-9,13H,2,10-11H2,1H3;4-5,8H,3,6H2,1-2H3. The highest BCUT2D eigenvalue weighted by Crippen LogP contribution is 2.37. The quantitative estimate of drug-likeness (QED) is 0.310. The average molecular weight is 582 g/mol. The number of halogens is 2. The molecule has 0 aromatic heterocycles. The molecule has 2 aliphatic carbocycles. The van der Waals surface area contributed by atoms with E-state index < -0.39 is 0 Å². The van der Waals surface area contributed by atoms with Gasteiger partial charge in [0.05, 0.1) is 0 Å². The Bertz CT molecular complexity index is 1230. The SMILES string of the molecule is CCC1Cc2c(Br)ccc(Cc3ccccc3)c2C1=O.CCC1Cc2c(ccc(C)c2Br)C1=O. The minimum Gasteiger partial charge on any atom is -0.294 e. The lowest BCUT2D eigenvalue weighted by Crippen LogP contribution is -2.09. The summed E-state index contributed by atoms with van der Waals surface area (Å²) < 4.78 is 2.20. The van der Waals surface area contributed by atoms with E-state index in [4.69, 9.17) is 0 Å². The van der Waals surface area contributed by atoms with Crippen LogP contribution in [0.4, 0.5) is 0 Å². The Morgan fingerprint density at radius 2 is 1.44 bits per heavy atom. The first-order valence-corrected chi connectivity index (χ1v) is 13.6. The molecule has 2 aliphatic rings. The first-order chi connectivity index (χ1) is 16.3. The molecule has 0 aliphatic heterocycles. The summed E-state index contributed by atoms with van der Waals surface area (Å²) >= 11 is 7.16. The summed E-state index contributed by atoms with van der Waals surface area (Å²) in [7, 11) is 0. The number of rotatable bonds is 4. The van der Waals surface area contributed by atoms with Gasteiger partial charge in [0.1, 0.15) is 0 Å². The van der Waals surface area contributed by atoms with Gasteiger partial charge in [0.2, 0.25) is 0 Å². The summed E-state index contributed by atoms with van der Waals surface area (Å²) in [6, 6.07) is 18.5. The summed E-state index contributed by atoms with van der Waals surface area (Å²) in [4.78, 5) is 24.4. The highest BCUT2D eigenvalue weighted by Gasteiger charge is 2.33. The molecule has 3 aromatic carbocycles. The van der Waals surface area contributed by atoms with E-state index in [1.807, 2.05) is 30.3 Å². The van der Waals surface area contributed by atoms with Gasteiger partial charge >= 0.3 is 0 Å². The van der Waals surface area contributed by atoms with Crippen molar-refractivity contribution < 1.29 is 9.59 Å². The minimum atomic E-state index is 0.165. The van der Waals surface area contributed by atoms with Crippen LogP contribution >= 0.6 is 31.9 Å². The molecule has 0 fully saturated rings. The normalized spacial score (nSPS) is 18.4. The van der Waals surface area contributed by atoms with Crippen LogP contribution in [-0.4, -0.2) is 11.6 Å². The van der Waals surface area contributed by atoms with Gasteiger partial charge in [-0.2, -0.15) is 0 Å². The van der Waals surface area contributed by atoms with Gasteiger partial charge in [-0.15, -0.1) is 0 Å². The Hall–Kier alpha value is -2.04. The van der Waals surface area contributed by atoms with Gasteiger partial charge in [-0.1, -0.05) is 94.2 Å². The number of ketones is 2. The van der Waals surface area contributed by atoms with E-state index in [9.17, 15) is 9.59 Å². The molecule has 34 heavy (non-hydrogen) atoms. The molecule has 4 heteroatoms. The van der Waals surface area contributed by atoms with Gasteiger partial charge in [0, 0.05) is 31.9 Å². The molecule has 0 N–H and O–H groups in total. The third kappa shape index (κ3) is 4.85. The summed E-state index contributed by atoms with van der Waals surface area (Å²) in [6.45, 7) is 6.24. The first kappa shape index (κ1) is 25.1. The molecule has 0 saturated carbocycles. The van der Waals surface area contributed by atoms with E-state index in [1.165, 1.54) is 22.3 Å². The molecule has 2 unspecified atom stereocenters. The van der Waals surface area contributed by atoms with Crippen molar-refractivity contribution in [2.75, 3.05) is 0 Å². The summed E-state index contributed by atoms with van der Waals surface area (Å²) in [5.74, 6) is 1.03. The van der Waals surface area contributed by atoms with Gasteiger partial charge in [0.15, 0.2) is 11.6 Å². The van der Waals surface area contributed by atoms with Gasteiger partial charge in [-0.05, 0) is 72.9 Å². The van der Waals surface area contributed by atoms with Gasteiger partial charge in [0.25, 0.3) is 0 Å². The maximum atomic E-state index is 12.6. The Morgan fingerprint density at radius 1 is 0.794 bits per heavy atom. The van der Waals surface area contributed by atoms with Crippen LogP contribution in [0.2, 0.25) is 0 Å². The van der Waals surface area contributed by atoms with Crippen LogP contribution in [-0.2, 0) is 19.3 Å². The zero-order valence-electron chi connectivity index (χ0n) is 20.0. The highest BCUT2D eigenvalue weighted by atomic mass is 79.9. The molecule has 3 aromatic rings. The average Bonchev–Trinajstić information content (AvgIpc) is 3.37. The molecule has 2 nitrogen and oxygen atoms in total. The van der Waals surface area contributed by atoms with Crippen LogP contribution < -0.4 is 0 Å². The molecule has 0 radical (unpaired) electrons. The first-order valence-electron chi connectivity index (χ1n) is 12.1. The van der Waals surface area contributed by atoms with Crippen LogP contribution in [0.25, 0.3) is 0 Å². The van der Waals surface area contributed by atoms with Crippen LogP contribution in [0.5, 0.6) is 0 Å². The number of benzene rings is 3. The second-order valence-electron chi connectivity index (χ2n) is 9.29. The number of fused-ring (bicyclic) bond motifs is 2. The molecule has 5 rings (SSSR count). The van der Waals surface area contributed by atoms with Crippen molar-refractivity contribution in [2.24, 2.45) is 11.8 Å². The van der Waals surface area contributed by atoms with Crippen molar-refractivity contribution in [1.29, 1.82) is 0 Å². The Balaban J connectivity index is 0.000000172. The molecular formula is C30H30Br2O2. The molecule has 0 saturated heterocycles. The number of hydrogen-bond donors (Lipinski definition) is 0. The Morgan fingerprint density at radius 3 is 2.12 bits per heavy atom. The largest absolute Gasteiger partial charge is 0.294 e. The van der Waals surface area contributed by atoms with Crippen LogP contribution in [0, 0.1) is 18.8 Å². The second kappa shape index (κ2) is 10.7. The molecule has 2 atom stereocenters. The van der Waals surface area contributed by atoms with E-state index in [0.717, 1.165) is 57.7 Å². The third-order valence-electron chi connectivity index (χ3n) is 7.16. The van der Waals surface area contributed by atoms with Crippen molar-refractivity contribution in [1.82, 2.24) is 0 Å². The minimum absolute atomic E-state index is 0.165. The zero-order chi connectivity index (χ0) is 24.4. The number of hydrogen-bond acceptors (Lipinski definition) is 2. The van der Waals surface area contributed by atoms with Crippen molar-refractivity contribution in [3.8, 4) is 0 Å². The molecule has 176 valence electrons. The zero-order valence-corrected chi connectivity index (χ0v) is 23.1. The van der Waals surface area contributed by atoms with E-state index in [2.05, 4.69) is 76.9 Å². The molecule has 0 bridgehead atoms. The third-order valence-corrected chi connectivity index (χ3v) is 9.00. The second-order valence-corrected chi connectivity index (χ2v) is 10.9. The monoisotopic (exact) mass is 580 g/mol. The predicted molar refractivity (Wildman–Crippen MR) is 146 cm³/mol. The molecular weight excluding hydrogens is 552 g/mol. The highest BCUT2D eigenvalue weighted by molar-refractivity contribution is 9.10. The lowest BCUT2D eigenvalue weighted by atomic mass is 9.96. The molecule has 0 spiro atoms. The van der Waals surface area contributed by atoms with Crippen molar-refractivity contribution in [2.45, 2.75) is 52.9 Å².